The smallest absolute Gasteiger partial charge is 0.416 e. The lowest BCUT2D eigenvalue weighted by atomic mass is 10.2. The van der Waals surface area contributed by atoms with Gasteiger partial charge in [0.25, 0.3) is 0 Å². The van der Waals surface area contributed by atoms with E-state index in [1.54, 1.807) is 48.5 Å². The molecule has 3 rings (SSSR count). The molecule has 2 amide bonds. The fourth-order valence-electron chi connectivity index (χ4n) is 2.59. The number of benzene rings is 3. The van der Waals surface area contributed by atoms with Crippen molar-refractivity contribution in [2.24, 2.45) is 5.10 Å². The predicted octanol–water partition coefficient (Wildman–Crippen LogP) is 4.01. The summed E-state index contributed by atoms with van der Waals surface area (Å²) in [4.78, 5) is 36.1. The fraction of sp³-hybridized carbons (Fsp3) is 0.0435. The number of alkyl halides is 3. The van der Waals surface area contributed by atoms with Crippen LogP contribution in [-0.4, -0.2) is 24.0 Å². The van der Waals surface area contributed by atoms with E-state index in [0.29, 0.717) is 17.2 Å². The Morgan fingerprint density at radius 2 is 1.55 bits per heavy atom. The molecule has 0 atom stereocenters. The van der Waals surface area contributed by atoms with Crippen molar-refractivity contribution in [1.29, 1.82) is 0 Å². The number of ether oxygens (including phenoxy) is 1. The van der Waals surface area contributed by atoms with E-state index in [4.69, 9.17) is 4.74 Å². The van der Waals surface area contributed by atoms with Gasteiger partial charge in [0.2, 0.25) is 0 Å². The zero-order valence-electron chi connectivity index (χ0n) is 16.8. The van der Waals surface area contributed by atoms with Crippen LogP contribution in [0.15, 0.2) is 84.0 Å². The number of halogens is 3. The van der Waals surface area contributed by atoms with E-state index in [2.05, 4.69) is 10.4 Å². The number of esters is 1. The molecule has 0 fully saturated rings. The second kappa shape index (κ2) is 10.2. The van der Waals surface area contributed by atoms with Crippen LogP contribution in [0.5, 0.6) is 5.75 Å². The maximum atomic E-state index is 12.8. The molecular formula is C23H16F3N3O4. The molecule has 0 bridgehead atoms. The lowest BCUT2D eigenvalue weighted by molar-refractivity contribution is -0.137. The lowest BCUT2D eigenvalue weighted by Crippen LogP contribution is -2.32. The van der Waals surface area contributed by atoms with Gasteiger partial charge in [0, 0.05) is 11.3 Å². The summed E-state index contributed by atoms with van der Waals surface area (Å²) in [6.07, 6.45) is -3.44. The third-order valence-corrected chi connectivity index (χ3v) is 4.15. The number of anilines is 1. The molecule has 0 saturated heterocycles. The van der Waals surface area contributed by atoms with Crippen LogP contribution in [0.3, 0.4) is 0 Å². The average Bonchev–Trinajstić information content (AvgIpc) is 2.80. The fourth-order valence-corrected chi connectivity index (χ4v) is 2.59. The molecule has 3 aromatic rings. The van der Waals surface area contributed by atoms with Gasteiger partial charge in [-0.15, -0.1) is 0 Å². The molecule has 0 spiro atoms. The van der Waals surface area contributed by atoms with Gasteiger partial charge in [-0.05, 0) is 42.5 Å². The molecule has 0 saturated carbocycles. The number of hydrogen-bond donors (Lipinski definition) is 2. The first-order valence-electron chi connectivity index (χ1n) is 9.42. The van der Waals surface area contributed by atoms with Crippen LogP contribution in [0.25, 0.3) is 0 Å². The third kappa shape index (κ3) is 6.50. The van der Waals surface area contributed by atoms with E-state index in [1.165, 1.54) is 12.1 Å². The topological polar surface area (TPSA) is 96.9 Å². The number of carbonyl (C=O) groups excluding carboxylic acids is 3. The lowest BCUT2D eigenvalue weighted by Gasteiger charge is -2.09. The van der Waals surface area contributed by atoms with Crippen LogP contribution in [0.1, 0.15) is 21.5 Å². The predicted molar refractivity (Wildman–Crippen MR) is 114 cm³/mol. The Labute approximate surface area is 185 Å². The maximum absolute atomic E-state index is 12.8. The summed E-state index contributed by atoms with van der Waals surface area (Å²) in [6.45, 7) is 0. The van der Waals surface area contributed by atoms with Crippen molar-refractivity contribution in [2.45, 2.75) is 6.18 Å². The monoisotopic (exact) mass is 455 g/mol. The van der Waals surface area contributed by atoms with Crippen molar-refractivity contribution in [2.75, 3.05) is 5.32 Å². The molecule has 7 nitrogen and oxygen atoms in total. The highest BCUT2D eigenvalue weighted by molar-refractivity contribution is 6.39. The summed E-state index contributed by atoms with van der Waals surface area (Å²) in [6, 6.07) is 18.5. The van der Waals surface area contributed by atoms with Gasteiger partial charge in [0.05, 0.1) is 17.3 Å². The molecule has 2 N–H and O–H groups in total. The highest BCUT2D eigenvalue weighted by atomic mass is 19.4. The van der Waals surface area contributed by atoms with Gasteiger partial charge in [-0.1, -0.05) is 36.4 Å². The van der Waals surface area contributed by atoms with Crippen molar-refractivity contribution in [3.8, 4) is 5.75 Å². The first-order valence-corrected chi connectivity index (χ1v) is 9.42. The summed E-state index contributed by atoms with van der Waals surface area (Å²) in [7, 11) is 0. The van der Waals surface area contributed by atoms with Crippen molar-refractivity contribution in [1.82, 2.24) is 5.43 Å². The minimum Gasteiger partial charge on any atom is -0.422 e. The van der Waals surface area contributed by atoms with Crippen LogP contribution in [0, 0.1) is 0 Å². The number of hydrazone groups is 1. The summed E-state index contributed by atoms with van der Waals surface area (Å²) >= 11 is 0. The second-order valence-electron chi connectivity index (χ2n) is 6.53. The third-order valence-electron chi connectivity index (χ3n) is 4.15. The Balaban J connectivity index is 1.61. The van der Waals surface area contributed by atoms with E-state index in [0.717, 1.165) is 18.3 Å². The van der Waals surface area contributed by atoms with E-state index in [-0.39, 0.29) is 11.4 Å². The second-order valence-corrected chi connectivity index (χ2v) is 6.53. The molecule has 0 radical (unpaired) electrons. The Bertz CT molecular complexity index is 1190. The Morgan fingerprint density at radius 1 is 0.848 bits per heavy atom. The number of hydrogen-bond acceptors (Lipinski definition) is 5. The Morgan fingerprint density at radius 3 is 2.27 bits per heavy atom. The first-order chi connectivity index (χ1) is 15.7. The van der Waals surface area contributed by atoms with Gasteiger partial charge in [-0.2, -0.15) is 18.3 Å². The summed E-state index contributed by atoms with van der Waals surface area (Å²) in [5, 5.41) is 5.71. The minimum atomic E-state index is -4.59. The SMILES string of the molecule is O=C(NN=Cc1ccccc1OC(=O)c1ccccc1)C(=O)Nc1cccc(C(F)(F)F)c1. The number of amides is 2. The van der Waals surface area contributed by atoms with Crippen LogP contribution < -0.4 is 15.5 Å². The van der Waals surface area contributed by atoms with Gasteiger partial charge < -0.3 is 10.1 Å². The molecule has 33 heavy (non-hydrogen) atoms. The molecular weight excluding hydrogens is 439 g/mol. The van der Waals surface area contributed by atoms with E-state index < -0.39 is 29.5 Å². The Kier molecular flexibility index (Phi) is 7.19. The average molecular weight is 455 g/mol. The molecule has 0 aromatic heterocycles. The van der Waals surface area contributed by atoms with Gasteiger partial charge in [-0.3, -0.25) is 9.59 Å². The zero-order chi connectivity index (χ0) is 23.8. The molecule has 10 heteroatoms. The normalized spacial score (nSPS) is 11.1. The maximum Gasteiger partial charge on any atom is 0.416 e. The number of nitrogens with zero attached hydrogens (tertiary/aromatic N) is 1. The minimum absolute atomic E-state index is 0.165. The molecule has 0 aliphatic carbocycles. The molecule has 0 aliphatic rings. The van der Waals surface area contributed by atoms with E-state index in [1.807, 2.05) is 5.43 Å². The highest BCUT2D eigenvalue weighted by Gasteiger charge is 2.30. The van der Waals surface area contributed by atoms with Crippen LogP contribution >= 0.6 is 0 Å². The molecule has 3 aromatic carbocycles. The summed E-state index contributed by atoms with van der Waals surface area (Å²) < 4.78 is 43.6. The summed E-state index contributed by atoms with van der Waals surface area (Å²) in [5.41, 5.74) is 1.46. The largest absolute Gasteiger partial charge is 0.422 e. The van der Waals surface area contributed by atoms with Crippen LogP contribution in [-0.2, 0) is 15.8 Å². The van der Waals surface area contributed by atoms with Crippen molar-refractivity contribution >= 4 is 29.7 Å². The van der Waals surface area contributed by atoms with E-state index >= 15 is 0 Å². The zero-order valence-corrected chi connectivity index (χ0v) is 16.8. The number of para-hydroxylation sites is 1. The van der Waals surface area contributed by atoms with Crippen molar-refractivity contribution in [3.05, 3.63) is 95.6 Å². The standard InChI is InChI=1S/C23H16F3N3O4/c24-23(25,26)17-10-6-11-18(13-17)28-20(30)21(31)29-27-14-16-9-4-5-12-19(16)33-22(32)15-7-2-1-3-8-15/h1-14H,(H,28,30)(H,29,31). The first kappa shape index (κ1) is 23.2. The van der Waals surface area contributed by atoms with E-state index in [9.17, 15) is 27.6 Å². The van der Waals surface area contributed by atoms with Gasteiger partial charge in [-0.25, -0.2) is 10.2 Å². The van der Waals surface area contributed by atoms with Gasteiger partial charge >= 0.3 is 24.0 Å². The molecule has 0 heterocycles. The molecule has 0 unspecified atom stereocenters. The quantitative estimate of drug-likeness (QED) is 0.200. The number of carbonyl (C=O) groups is 3. The number of rotatable bonds is 5. The molecule has 168 valence electrons. The van der Waals surface area contributed by atoms with Gasteiger partial charge in [0.15, 0.2) is 0 Å². The summed E-state index contributed by atoms with van der Waals surface area (Å²) in [5.74, 6) is -2.85. The van der Waals surface area contributed by atoms with Crippen LogP contribution in [0.4, 0.5) is 18.9 Å². The highest BCUT2D eigenvalue weighted by Crippen LogP contribution is 2.30. The Hall–Kier alpha value is -4.47. The van der Waals surface area contributed by atoms with Crippen molar-refractivity contribution in [3.63, 3.8) is 0 Å². The van der Waals surface area contributed by atoms with Gasteiger partial charge in [0.1, 0.15) is 5.75 Å². The van der Waals surface area contributed by atoms with Crippen LogP contribution in [0.2, 0.25) is 0 Å². The molecule has 0 aliphatic heterocycles. The van der Waals surface area contributed by atoms with Crippen molar-refractivity contribution < 1.29 is 32.3 Å². The number of nitrogens with one attached hydrogen (secondary N) is 2.